The van der Waals surface area contributed by atoms with Crippen molar-refractivity contribution in [2.45, 2.75) is 58.7 Å². The molecule has 0 spiro atoms. The van der Waals surface area contributed by atoms with Crippen molar-refractivity contribution in [2.24, 2.45) is 0 Å². The molecule has 2 aromatic carbocycles. The topological polar surface area (TPSA) is 63.7 Å². The van der Waals surface area contributed by atoms with Crippen molar-refractivity contribution in [3.05, 3.63) is 65.2 Å². The van der Waals surface area contributed by atoms with E-state index in [0.717, 1.165) is 16.7 Å². The van der Waals surface area contributed by atoms with Gasteiger partial charge >= 0.3 is 0 Å². The predicted molar refractivity (Wildman–Crippen MR) is 119 cm³/mol. The zero-order valence-corrected chi connectivity index (χ0v) is 19.0. The first-order valence-corrected chi connectivity index (χ1v) is 12.3. The number of nitrogens with zero attached hydrogens (tertiary/aromatic N) is 1. The minimum atomic E-state index is -3.11. The molecule has 1 saturated heterocycles. The number of carbonyl (C=O) groups excluding carboxylic acids is 1. The van der Waals surface area contributed by atoms with E-state index in [1.54, 1.807) is 11.8 Å². The summed E-state index contributed by atoms with van der Waals surface area (Å²) in [4.78, 5) is 15.1. The van der Waals surface area contributed by atoms with Gasteiger partial charge in [0.25, 0.3) is 5.91 Å². The fourth-order valence-corrected chi connectivity index (χ4v) is 5.61. The monoisotopic (exact) mass is 429 g/mol. The number of carbonyl (C=O) groups is 1. The molecule has 0 aliphatic carbocycles. The molecule has 0 aromatic heterocycles. The van der Waals surface area contributed by atoms with E-state index in [-0.39, 0.29) is 29.4 Å². The van der Waals surface area contributed by atoms with Crippen LogP contribution in [-0.4, -0.2) is 42.9 Å². The van der Waals surface area contributed by atoms with Crippen LogP contribution in [0.15, 0.2) is 48.5 Å². The number of ether oxygens (including phenoxy) is 1. The van der Waals surface area contributed by atoms with E-state index in [0.29, 0.717) is 18.7 Å². The third-order valence-electron chi connectivity index (χ3n) is 5.57. The van der Waals surface area contributed by atoms with Gasteiger partial charge in [-0.05, 0) is 48.9 Å². The Morgan fingerprint density at radius 3 is 2.43 bits per heavy atom. The van der Waals surface area contributed by atoms with E-state index in [4.69, 9.17) is 4.74 Å². The Labute approximate surface area is 180 Å². The van der Waals surface area contributed by atoms with Gasteiger partial charge in [0, 0.05) is 12.6 Å². The van der Waals surface area contributed by atoms with Crippen LogP contribution < -0.4 is 4.74 Å². The second-order valence-corrected chi connectivity index (χ2v) is 10.7. The van der Waals surface area contributed by atoms with E-state index in [1.807, 2.05) is 55.5 Å². The third kappa shape index (κ3) is 5.42. The Morgan fingerprint density at radius 2 is 1.83 bits per heavy atom. The summed E-state index contributed by atoms with van der Waals surface area (Å²) in [5.74, 6) is 0.936. The molecule has 0 radical (unpaired) electrons. The van der Waals surface area contributed by atoms with Gasteiger partial charge in [-0.1, -0.05) is 56.3 Å². The quantitative estimate of drug-likeness (QED) is 0.665. The lowest BCUT2D eigenvalue weighted by atomic mass is 10.0. The van der Waals surface area contributed by atoms with Crippen molar-refractivity contribution < 1.29 is 17.9 Å². The molecule has 2 aromatic rings. The molecule has 162 valence electrons. The van der Waals surface area contributed by atoms with Crippen molar-refractivity contribution >= 4 is 15.7 Å². The number of hydrogen-bond donors (Lipinski definition) is 0. The number of rotatable bonds is 7. The van der Waals surface area contributed by atoms with E-state index in [9.17, 15) is 13.2 Å². The Bertz CT molecular complexity index is 986. The molecule has 1 heterocycles. The first-order chi connectivity index (χ1) is 14.2. The molecule has 0 saturated carbocycles. The summed E-state index contributed by atoms with van der Waals surface area (Å²) in [6.07, 6.45) is -0.244. The largest absolute Gasteiger partial charge is 0.481 e. The van der Waals surface area contributed by atoms with Crippen molar-refractivity contribution in [1.82, 2.24) is 4.90 Å². The highest BCUT2D eigenvalue weighted by Crippen LogP contribution is 2.29. The van der Waals surface area contributed by atoms with Crippen LogP contribution in [0.25, 0.3) is 0 Å². The molecule has 0 unspecified atom stereocenters. The summed E-state index contributed by atoms with van der Waals surface area (Å²) in [7, 11) is -3.11. The highest BCUT2D eigenvalue weighted by Gasteiger charge is 2.36. The van der Waals surface area contributed by atoms with Crippen LogP contribution in [0, 0.1) is 6.92 Å². The molecular formula is C24H31NO4S. The van der Waals surface area contributed by atoms with Crippen molar-refractivity contribution in [1.29, 1.82) is 0 Å². The van der Waals surface area contributed by atoms with Crippen LogP contribution >= 0.6 is 0 Å². The van der Waals surface area contributed by atoms with Gasteiger partial charge in [-0.25, -0.2) is 8.42 Å². The summed E-state index contributed by atoms with van der Waals surface area (Å²) < 4.78 is 30.3. The van der Waals surface area contributed by atoms with Crippen molar-refractivity contribution in [2.75, 3.05) is 11.5 Å². The van der Waals surface area contributed by atoms with E-state index < -0.39 is 15.9 Å². The smallest absolute Gasteiger partial charge is 0.263 e. The van der Waals surface area contributed by atoms with Crippen LogP contribution in [0.4, 0.5) is 0 Å². The van der Waals surface area contributed by atoms with Gasteiger partial charge < -0.3 is 9.64 Å². The minimum Gasteiger partial charge on any atom is -0.481 e. The average Bonchev–Trinajstić information content (AvgIpc) is 3.05. The van der Waals surface area contributed by atoms with Gasteiger partial charge in [-0.2, -0.15) is 0 Å². The Hall–Kier alpha value is -2.34. The highest BCUT2D eigenvalue weighted by molar-refractivity contribution is 7.91. The van der Waals surface area contributed by atoms with Crippen LogP contribution in [0.5, 0.6) is 5.75 Å². The lowest BCUT2D eigenvalue weighted by Gasteiger charge is -2.31. The molecule has 1 fully saturated rings. The lowest BCUT2D eigenvalue weighted by molar-refractivity contribution is -0.140. The maximum absolute atomic E-state index is 13.4. The fraction of sp³-hybridized carbons (Fsp3) is 0.458. The second-order valence-electron chi connectivity index (χ2n) is 8.46. The Morgan fingerprint density at radius 1 is 1.13 bits per heavy atom. The van der Waals surface area contributed by atoms with Gasteiger partial charge in [-0.3, -0.25) is 4.79 Å². The molecule has 30 heavy (non-hydrogen) atoms. The predicted octanol–water partition coefficient (Wildman–Crippen LogP) is 4.10. The second kappa shape index (κ2) is 9.21. The van der Waals surface area contributed by atoms with E-state index >= 15 is 0 Å². The van der Waals surface area contributed by atoms with Crippen molar-refractivity contribution in [3.8, 4) is 5.75 Å². The Kier molecular flexibility index (Phi) is 6.86. The first-order valence-electron chi connectivity index (χ1n) is 10.5. The van der Waals surface area contributed by atoms with Gasteiger partial charge in [0.05, 0.1) is 11.5 Å². The van der Waals surface area contributed by atoms with Gasteiger partial charge in [-0.15, -0.1) is 0 Å². The first kappa shape index (κ1) is 22.3. The van der Waals surface area contributed by atoms with Crippen LogP contribution in [0.3, 0.4) is 0 Å². The van der Waals surface area contributed by atoms with Gasteiger partial charge in [0.15, 0.2) is 15.9 Å². The molecule has 3 rings (SSSR count). The maximum atomic E-state index is 13.4. The fourth-order valence-electron chi connectivity index (χ4n) is 3.88. The third-order valence-corrected chi connectivity index (χ3v) is 7.32. The number of aryl methyl sites for hydroxylation is 1. The molecule has 5 nitrogen and oxygen atoms in total. The highest BCUT2D eigenvalue weighted by atomic mass is 32.2. The van der Waals surface area contributed by atoms with Crippen LogP contribution in [-0.2, 0) is 21.2 Å². The normalized spacial score (nSPS) is 18.9. The molecule has 0 bridgehead atoms. The number of amides is 1. The summed E-state index contributed by atoms with van der Waals surface area (Å²) in [5, 5.41) is 0. The number of benzene rings is 2. The SMILES string of the molecule is Cc1ccc(C(C)C)c(O[C@H](C)C(=O)N(Cc2ccccc2)[C@H]2CCS(=O)(=O)C2)c1. The van der Waals surface area contributed by atoms with Gasteiger partial charge in [0.1, 0.15) is 5.75 Å². The summed E-state index contributed by atoms with van der Waals surface area (Å²) >= 11 is 0. The maximum Gasteiger partial charge on any atom is 0.263 e. The summed E-state index contributed by atoms with van der Waals surface area (Å²) in [5.41, 5.74) is 3.09. The number of hydrogen-bond acceptors (Lipinski definition) is 4. The summed E-state index contributed by atoms with van der Waals surface area (Å²) in [6, 6.07) is 15.4. The zero-order valence-electron chi connectivity index (χ0n) is 18.2. The Balaban J connectivity index is 1.84. The van der Waals surface area contributed by atoms with Gasteiger partial charge in [0.2, 0.25) is 0 Å². The molecular weight excluding hydrogens is 398 g/mol. The average molecular weight is 430 g/mol. The van der Waals surface area contributed by atoms with Crippen LogP contribution in [0.2, 0.25) is 0 Å². The lowest BCUT2D eigenvalue weighted by Crippen LogP contribution is -2.46. The zero-order chi connectivity index (χ0) is 21.9. The molecule has 1 amide bonds. The molecule has 1 aliphatic heterocycles. The molecule has 1 aliphatic rings. The summed E-state index contributed by atoms with van der Waals surface area (Å²) in [6.45, 7) is 8.30. The standard InChI is InChI=1S/C24H31NO4S/c1-17(2)22-11-10-18(3)14-23(22)29-19(4)24(26)25(15-20-8-6-5-7-9-20)21-12-13-30(27,28)16-21/h5-11,14,17,19,21H,12-13,15-16H2,1-4H3/t19-,21+/m1/s1. The molecule has 0 N–H and O–H groups in total. The van der Waals surface area contributed by atoms with E-state index in [2.05, 4.69) is 13.8 Å². The molecule has 6 heteroatoms. The molecule has 2 atom stereocenters. The van der Waals surface area contributed by atoms with Crippen molar-refractivity contribution in [3.63, 3.8) is 0 Å². The minimum absolute atomic E-state index is 0.0139. The van der Waals surface area contributed by atoms with Crippen LogP contribution in [0.1, 0.15) is 49.8 Å². The number of sulfone groups is 1. The van der Waals surface area contributed by atoms with E-state index in [1.165, 1.54) is 0 Å².